The quantitative estimate of drug-likeness (QED) is 0.813. The Morgan fingerprint density at radius 3 is 3.06 bits per heavy atom. The minimum absolute atomic E-state index is 0.383. The van der Waals surface area contributed by atoms with Gasteiger partial charge in [-0.15, -0.1) is 0 Å². The Morgan fingerprint density at radius 2 is 2.38 bits per heavy atom. The van der Waals surface area contributed by atoms with Crippen molar-refractivity contribution in [1.82, 2.24) is 20.0 Å². The number of nitrogens with one attached hydrogen (secondary N) is 2. The van der Waals surface area contributed by atoms with Crippen LogP contribution < -0.4 is 5.32 Å². The number of hydrogen-bond acceptors (Lipinski definition) is 3. The van der Waals surface area contributed by atoms with Crippen LogP contribution in [0.25, 0.3) is 0 Å². The maximum Gasteiger partial charge on any atom is 0.257 e. The second kappa shape index (κ2) is 4.73. The normalized spacial score (nSPS) is 10.9. The molecule has 2 aromatic rings. The molecule has 7 heteroatoms. The van der Waals surface area contributed by atoms with E-state index < -0.39 is 6.43 Å². The second-order valence-corrected chi connectivity index (χ2v) is 3.28. The second-order valence-electron chi connectivity index (χ2n) is 3.28. The molecule has 0 aliphatic heterocycles. The van der Waals surface area contributed by atoms with Crippen molar-refractivity contribution < 1.29 is 8.78 Å². The lowest BCUT2D eigenvalue weighted by Crippen LogP contribution is -2.06. The number of nitrogens with zero attached hydrogens (tertiary/aromatic N) is 3. The summed E-state index contributed by atoms with van der Waals surface area (Å²) in [6, 6.07) is 1.83. The van der Waals surface area contributed by atoms with Gasteiger partial charge in [-0.25, -0.2) is 8.78 Å². The smallest absolute Gasteiger partial charge is 0.257 e. The van der Waals surface area contributed by atoms with E-state index in [4.69, 9.17) is 0 Å². The topological polar surface area (TPSA) is 58.5 Å². The fourth-order valence-electron chi connectivity index (χ4n) is 1.28. The highest BCUT2D eigenvalue weighted by atomic mass is 19.3. The standard InChI is InChI=1S/C9H11F2N5/c10-9(11)6-16-5-8(4-14-16)12-3-7-1-2-13-15-7/h1-2,4-5,9,12H,3,6H2,(H,13,15). The first-order valence-electron chi connectivity index (χ1n) is 4.77. The average Bonchev–Trinajstić information content (AvgIpc) is 2.84. The molecule has 0 aliphatic rings. The molecular weight excluding hydrogens is 216 g/mol. The molecule has 86 valence electrons. The molecule has 0 aromatic carbocycles. The van der Waals surface area contributed by atoms with Crippen molar-refractivity contribution in [1.29, 1.82) is 0 Å². The number of anilines is 1. The SMILES string of the molecule is FC(F)Cn1cc(NCc2ccn[nH]2)cn1. The summed E-state index contributed by atoms with van der Waals surface area (Å²) in [5, 5.41) is 13.4. The zero-order valence-corrected chi connectivity index (χ0v) is 8.40. The molecule has 5 nitrogen and oxygen atoms in total. The van der Waals surface area contributed by atoms with Crippen LogP contribution >= 0.6 is 0 Å². The molecule has 0 radical (unpaired) electrons. The Balaban J connectivity index is 1.88. The number of halogens is 2. The van der Waals surface area contributed by atoms with Crippen LogP contribution in [0.3, 0.4) is 0 Å². The first kappa shape index (κ1) is 10.6. The number of H-pyrrole nitrogens is 1. The van der Waals surface area contributed by atoms with Gasteiger partial charge in [-0.2, -0.15) is 10.2 Å². The van der Waals surface area contributed by atoms with Crippen LogP contribution in [-0.4, -0.2) is 26.4 Å². The van der Waals surface area contributed by atoms with Crippen LogP contribution in [0.2, 0.25) is 0 Å². The molecule has 0 spiro atoms. The summed E-state index contributed by atoms with van der Waals surface area (Å²) in [4.78, 5) is 0. The van der Waals surface area contributed by atoms with Gasteiger partial charge in [0.2, 0.25) is 0 Å². The third-order valence-electron chi connectivity index (χ3n) is 2.00. The summed E-state index contributed by atoms with van der Waals surface area (Å²) in [5.74, 6) is 0. The molecule has 0 fully saturated rings. The average molecular weight is 227 g/mol. The van der Waals surface area contributed by atoms with Gasteiger partial charge in [0, 0.05) is 12.4 Å². The Hall–Kier alpha value is -1.92. The van der Waals surface area contributed by atoms with Crippen molar-refractivity contribution >= 4 is 5.69 Å². The zero-order valence-electron chi connectivity index (χ0n) is 8.40. The van der Waals surface area contributed by atoms with Gasteiger partial charge in [0.05, 0.1) is 24.1 Å². The summed E-state index contributed by atoms with van der Waals surface area (Å²) in [7, 11) is 0. The number of rotatable bonds is 5. The molecule has 2 heterocycles. The van der Waals surface area contributed by atoms with Crippen molar-refractivity contribution in [2.75, 3.05) is 5.32 Å². The van der Waals surface area contributed by atoms with E-state index in [2.05, 4.69) is 20.6 Å². The summed E-state index contributed by atoms with van der Waals surface area (Å²) < 4.78 is 25.3. The number of aromatic nitrogens is 4. The summed E-state index contributed by atoms with van der Waals surface area (Å²) in [6.07, 6.45) is 2.32. The van der Waals surface area contributed by atoms with Crippen LogP contribution in [0.1, 0.15) is 5.69 Å². The van der Waals surface area contributed by atoms with E-state index in [0.717, 1.165) is 5.69 Å². The van der Waals surface area contributed by atoms with Crippen molar-refractivity contribution in [3.05, 3.63) is 30.4 Å². The van der Waals surface area contributed by atoms with E-state index in [1.165, 1.54) is 10.9 Å². The Morgan fingerprint density at radius 1 is 1.50 bits per heavy atom. The number of aromatic amines is 1. The van der Waals surface area contributed by atoms with Gasteiger partial charge >= 0.3 is 0 Å². The molecule has 2 aromatic heterocycles. The lowest BCUT2D eigenvalue weighted by atomic mass is 10.4. The van der Waals surface area contributed by atoms with Crippen LogP contribution in [0.15, 0.2) is 24.7 Å². The van der Waals surface area contributed by atoms with Gasteiger partial charge in [-0.3, -0.25) is 9.78 Å². The van der Waals surface area contributed by atoms with Crippen molar-refractivity contribution in [3.63, 3.8) is 0 Å². The summed E-state index contributed by atoms with van der Waals surface area (Å²) in [5.41, 5.74) is 1.62. The Labute approximate surface area is 90.5 Å². The lowest BCUT2D eigenvalue weighted by molar-refractivity contribution is 0.122. The maximum atomic E-state index is 12.0. The van der Waals surface area contributed by atoms with Crippen LogP contribution in [0.5, 0.6) is 0 Å². The number of alkyl halides is 2. The van der Waals surface area contributed by atoms with E-state index in [1.54, 1.807) is 12.4 Å². The van der Waals surface area contributed by atoms with E-state index in [0.29, 0.717) is 12.2 Å². The molecule has 0 saturated heterocycles. The van der Waals surface area contributed by atoms with Crippen molar-refractivity contribution in [3.8, 4) is 0 Å². The van der Waals surface area contributed by atoms with Crippen LogP contribution in [-0.2, 0) is 13.1 Å². The molecule has 0 saturated carbocycles. The van der Waals surface area contributed by atoms with E-state index in [1.807, 2.05) is 6.07 Å². The molecule has 0 unspecified atom stereocenters. The predicted molar refractivity (Wildman–Crippen MR) is 54.1 cm³/mol. The monoisotopic (exact) mass is 227 g/mol. The predicted octanol–water partition coefficient (Wildman–Crippen LogP) is 1.48. The van der Waals surface area contributed by atoms with Gasteiger partial charge in [-0.05, 0) is 6.07 Å². The summed E-state index contributed by atoms with van der Waals surface area (Å²) >= 11 is 0. The first-order chi connectivity index (χ1) is 7.74. The molecule has 0 atom stereocenters. The maximum absolute atomic E-state index is 12.0. The molecular formula is C9H11F2N5. The highest BCUT2D eigenvalue weighted by Crippen LogP contribution is 2.08. The lowest BCUT2D eigenvalue weighted by Gasteiger charge is -2.00. The summed E-state index contributed by atoms with van der Waals surface area (Å²) in [6.45, 7) is 0.173. The minimum Gasteiger partial charge on any atom is -0.377 e. The molecule has 2 rings (SSSR count). The molecule has 2 N–H and O–H groups in total. The largest absolute Gasteiger partial charge is 0.377 e. The van der Waals surface area contributed by atoms with Gasteiger partial charge < -0.3 is 5.32 Å². The highest BCUT2D eigenvalue weighted by molar-refractivity contribution is 5.38. The van der Waals surface area contributed by atoms with Crippen LogP contribution in [0, 0.1) is 0 Å². The zero-order chi connectivity index (χ0) is 11.4. The fraction of sp³-hybridized carbons (Fsp3) is 0.333. The molecule has 0 aliphatic carbocycles. The van der Waals surface area contributed by atoms with Gasteiger partial charge in [0.25, 0.3) is 6.43 Å². The van der Waals surface area contributed by atoms with Crippen molar-refractivity contribution in [2.24, 2.45) is 0 Å². The van der Waals surface area contributed by atoms with Crippen LogP contribution in [0.4, 0.5) is 14.5 Å². The molecule has 0 bridgehead atoms. The third kappa shape index (κ3) is 2.78. The van der Waals surface area contributed by atoms with Gasteiger partial charge in [0.1, 0.15) is 6.54 Å². The first-order valence-corrected chi connectivity index (χ1v) is 4.77. The Bertz CT molecular complexity index is 423. The molecule has 0 amide bonds. The van der Waals surface area contributed by atoms with Gasteiger partial charge in [-0.1, -0.05) is 0 Å². The minimum atomic E-state index is -2.39. The Kier molecular flexibility index (Phi) is 3.13. The van der Waals surface area contributed by atoms with Gasteiger partial charge in [0.15, 0.2) is 0 Å². The highest BCUT2D eigenvalue weighted by Gasteiger charge is 2.05. The third-order valence-corrected chi connectivity index (χ3v) is 2.00. The van der Waals surface area contributed by atoms with Crippen molar-refractivity contribution in [2.45, 2.75) is 19.5 Å². The number of hydrogen-bond donors (Lipinski definition) is 2. The fourth-order valence-corrected chi connectivity index (χ4v) is 1.28. The molecule has 16 heavy (non-hydrogen) atoms. The van der Waals surface area contributed by atoms with E-state index in [9.17, 15) is 8.78 Å². The van der Waals surface area contributed by atoms with E-state index >= 15 is 0 Å². The van der Waals surface area contributed by atoms with E-state index in [-0.39, 0.29) is 6.54 Å².